The first-order valence-corrected chi connectivity index (χ1v) is 10.4. The van der Waals surface area contributed by atoms with Gasteiger partial charge in [0.1, 0.15) is 17.3 Å². The van der Waals surface area contributed by atoms with Crippen LogP contribution in [-0.4, -0.2) is 25.1 Å². The maximum Gasteiger partial charge on any atom is 0.148 e. The molecule has 30 heavy (non-hydrogen) atoms. The number of carbonyl (C=O) groups is 1. The number of fused-ring (bicyclic) bond motifs is 1. The van der Waals surface area contributed by atoms with E-state index in [1.807, 2.05) is 24.5 Å². The van der Waals surface area contributed by atoms with Gasteiger partial charge in [-0.1, -0.05) is 24.3 Å². The fraction of sp³-hybridized carbons (Fsp3) is 0.292. The second kappa shape index (κ2) is 7.86. The molecule has 5 nitrogen and oxygen atoms in total. The zero-order valence-corrected chi connectivity index (χ0v) is 16.6. The number of nitrogens with zero attached hydrogens (tertiary/aromatic N) is 4. The van der Waals surface area contributed by atoms with E-state index in [9.17, 15) is 9.18 Å². The molecule has 0 atom stereocenters. The minimum atomic E-state index is -0.330. The minimum absolute atomic E-state index is 0.0645. The van der Waals surface area contributed by atoms with Crippen LogP contribution in [-0.2, 0) is 11.2 Å². The van der Waals surface area contributed by atoms with Crippen molar-refractivity contribution in [3.8, 4) is 5.69 Å². The number of carbonyl (C=O) groups excluding carboxylic acids is 1. The Bertz CT molecular complexity index is 1190. The minimum Gasteiger partial charge on any atom is -0.327 e. The zero-order chi connectivity index (χ0) is 20.5. The van der Waals surface area contributed by atoms with Crippen molar-refractivity contribution in [1.82, 2.24) is 19.3 Å². The number of hydrogen-bond acceptors (Lipinski definition) is 3. The Kier molecular flexibility index (Phi) is 4.91. The molecule has 2 aromatic carbocycles. The van der Waals surface area contributed by atoms with Crippen LogP contribution >= 0.6 is 0 Å². The summed E-state index contributed by atoms with van der Waals surface area (Å²) in [7, 11) is 0. The summed E-state index contributed by atoms with van der Waals surface area (Å²) in [6.45, 7) is 0. The molecule has 1 aliphatic carbocycles. The topological polar surface area (TPSA) is 52.7 Å². The van der Waals surface area contributed by atoms with Crippen LogP contribution in [0.2, 0.25) is 0 Å². The summed E-state index contributed by atoms with van der Waals surface area (Å²) in [5.74, 6) is -0.0406. The monoisotopic (exact) mass is 402 g/mol. The van der Waals surface area contributed by atoms with Gasteiger partial charge in [-0.3, -0.25) is 4.79 Å². The lowest BCUT2D eigenvalue weighted by Crippen LogP contribution is -2.24. The third-order valence-corrected chi connectivity index (χ3v) is 6.13. The van der Waals surface area contributed by atoms with Gasteiger partial charge < -0.3 is 4.57 Å². The van der Waals surface area contributed by atoms with Gasteiger partial charge in [-0.15, -0.1) is 0 Å². The zero-order valence-electron chi connectivity index (χ0n) is 16.6. The van der Waals surface area contributed by atoms with Gasteiger partial charge in [0.15, 0.2) is 0 Å². The number of ketones is 1. The van der Waals surface area contributed by atoms with Crippen LogP contribution in [0.25, 0.3) is 16.7 Å². The molecule has 1 aliphatic rings. The van der Waals surface area contributed by atoms with Gasteiger partial charge in [-0.05, 0) is 56.0 Å². The quantitative estimate of drug-likeness (QED) is 0.477. The average Bonchev–Trinajstić information content (AvgIpc) is 3.41. The first kappa shape index (κ1) is 18.7. The maximum atomic E-state index is 14.0. The molecule has 0 radical (unpaired) electrons. The highest BCUT2D eigenvalue weighted by atomic mass is 19.1. The number of para-hydroxylation sites is 3. The molecule has 0 unspecified atom stereocenters. The predicted octanol–water partition coefficient (Wildman–Crippen LogP) is 4.90. The molecule has 6 heteroatoms. The van der Waals surface area contributed by atoms with Crippen LogP contribution in [0, 0.1) is 11.7 Å². The second-order valence-corrected chi connectivity index (χ2v) is 7.99. The molecule has 2 aromatic heterocycles. The standard InChI is InChI=1S/C24H23FN4O/c25-20-5-1-3-7-22(20)29-14-13-18(27-29)15-24(30)17-9-11-19(12-10-17)28-16-26-21-6-2-4-8-23(21)28/h1-8,13-14,16-17,19H,9-12,15H2. The summed E-state index contributed by atoms with van der Waals surface area (Å²) in [4.78, 5) is 17.3. The molecule has 0 saturated heterocycles. The average molecular weight is 402 g/mol. The van der Waals surface area contributed by atoms with Crippen molar-refractivity contribution in [2.45, 2.75) is 38.1 Å². The number of rotatable bonds is 5. The fourth-order valence-electron chi connectivity index (χ4n) is 4.50. The third kappa shape index (κ3) is 3.54. The van der Waals surface area contributed by atoms with Crippen molar-refractivity contribution in [2.75, 3.05) is 0 Å². The Morgan fingerprint density at radius 1 is 1.00 bits per heavy atom. The van der Waals surface area contributed by atoms with E-state index in [1.54, 1.807) is 30.5 Å². The molecule has 0 bridgehead atoms. The molecular formula is C24H23FN4O. The van der Waals surface area contributed by atoms with Gasteiger partial charge in [0.25, 0.3) is 0 Å². The molecule has 0 N–H and O–H groups in total. The Morgan fingerprint density at radius 3 is 2.60 bits per heavy atom. The Balaban J connectivity index is 1.22. The van der Waals surface area contributed by atoms with Crippen LogP contribution in [0.3, 0.4) is 0 Å². The summed E-state index contributed by atoms with van der Waals surface area (Å²) in [5, 5.41) is 4.41. The van der Waals surface area contributed by atoms with Crippen molar-refractivity contribution in [3.63, 3.8) is 0 Å². The maximum absolute atomic E-state index is 14.0. The van der Waals surface area contributed by atoms with Crippen LogP contribution in [0.1, 0.15) is 37.4 Å². The van der Waals surface area contributed by atoms with Crippen LogP contribution < -0.4 is 0 Å². The Morgan fingerprint density at radius 2 is 1.77 bits per heavy atom. The lowest BCUT2D eigenvalue weighted by atomic mass is 9.82. The van der Waals surface area contributed by atoms with Crippen molar-refractivity contribution < 1.29 is 9.18 Å². The van der Waals surface area contributed by atoms with E-state index in [2.05, 4.69) is 20.7 Å². The molecule has 0 spiro atoms. The second-order valence-electron chi connectivity index (χ2n) is 7.99. The van der Waals surface area contributed by atoms with Crippen molar-refractivity contribution in [3.05, 3.63) is 78.6 Å². The number of aromatic nitrogens is 4. The Hall–Kier alpha value is -3.28. The van der Waals surface area contributed by atoms with E-state index >= 15 is 0 Å². The van der Waals surface area contributed by atoms with Crippen LogP contribution in [0.4, 0.5) is 4.39 Å². The molecule has 0 aliphatic heterocycles. The van der Waals surface area contributed by atoms with Crippen LogP contribution in [0.15, 0.2) is 67.1 Å². The molecule has 152 valence electrons. The molecule has 2 heterocycles. The first-order chi connectivity index (χ1) is 14.7. The smallest absolute Gasteiger partial charge is 0.148 e. The molecular weight excluding hydrogens is 379 g/mol. The number of benzene rings is 2. The van der Waals surface area contributed by atoms with Crippen molar-refractivity contribution >= 4 is 16.8 Å². The van der Waals surface area contributed by atoms with E-state index < -0.39 is 0 Å². The largest absolute Gasteiger partial charge is 0.327 e. The van der Waals surface area contributed by atoms with Crippen molar-refractivity contribution in [1.29, 1.82) is 0 Å². The molecule has 5 rings (SSSR count). The highest BCUT2D eigenvalue weighted by molar-refractivity contribution is 5.83. The predicted molar refractivity (Wildman–Crippen MR) is 113 cm³/mol. The number of Topliss-reactive ketones (excluding diaryl/α,β-unsaturated/α-hetero) is 1. The number of halogens is 1. The lowest BCUT2D eigenvalue weighted by Gasteiger charge is -2.28. The fourth-order valence-corrected chi connectivity index (χ4v) is 4.50. The van der Waals surface area contributed by atoms with Gasteiger partial charge in [-0.2, -0.15) is 5.10 Å². The SMILES string of the molecule is O=C(Cc1ccn(-c2ccccc2F)n1)C1CCC(n2cnc3ccccc32)CC1. The summed E-state index contributed by atoms with van der Waals surface area (Å²) in [6.07, 6.45) is 7.63. The van der Waals surface area contributed by atoms with Gasteiger partial charge in [0, 0.05) is 18.2 Å². The van der Waals surface area contributed by atoms with Crippen molar-refractivity contribution in [2.24, 2.45) is 5.92 Å². The van der Waals surface area contributed by atoms with Gasteiger partial charge in [0.05, 0.1) is 29.5 Å². The van der Waals surface area contributed by atoms with E-state index in [0.717, 1.165) is 36.7 Å². The molecule has 0 amide bonds. The normalized spacial score (nSPS) is 19.2. The summed E-state index contributed by atoms with van der Waals surface area (Å²) in [5.41, 5.74) is 3.25. The summed E-state index contributed by atoms with van der Waals surface area (Å²) < 4.78 is 17.7. The van der Waals surface area contributed by atoms with E-state index in [4.69, 9.17) is 0 Å². The van der Waals surface area contributed by atoms with Gasteiger partial charge in [-0.25, -0.2) is 14.1 Å². The summed E-state index contributed by atoms with van der Waals surface area (Å²) >= 11 is 0. The van der Waals surface area contributed by atoms with E-state index in [1.165, 1.54) is 10.7 Å². The van der Waals surface area contributed by atoms with Gasteiger partial charge in [0.2, 0.25) is 0 Å². The molecule has 1 saturated carbocycles. The number of imidazole rings is 1. The highest BCUT2D eigenvalue weighted by Gasteiger charge is 2.28. The highest BCUT2D eigenvalue weighted by Crippen LogP contribution is 2.34. The first-order valence-electron chi connectivity index (χ1n) is 10.4. The third-order valence-electron chi connectivity index (χ3n) is 6.13. The lowest BCUT2D eigenvalue weighted by molar-refractivity contribution is -0.123. The molecule has 4 aromatic rings. The van der Waals surface area contributed by atoms with E-state index in [0.29, 0.717) is 23.8 Å². The van der Waals surface area contributed by atoms with Crippen LogP contribution in [0.5, 0.6) is 0 Å². The summed E-state index contributed by atoms with van der Waals surface area (Å²) in [6, 6.07) is 16.9. The number of hydrogen-bond donors (Lipinski definition) is 0. The van der Waals surface area contributed by atoms with Gasteiger partial charge >= 0.3 is 0 Å². The Labute approximate surface area is 174 Å². The molecule has 1 fully saturated rings. The van der Waals surface area contributed by atoms with E-state index in [-0.39, 0.29) is 17.5 Å².